The van der Waals surface area contributed by atoms with Crippen LogP contribution in [0, 0.1) is 12.8 Å². The number of nitrogens with one attached hydrogen (secondary N) is 1. The van der Waals surface area contributed by atoms with Crippen LogP contribution in [-0.2, 0) is 10.0 Å². The molecule has 2 aromatic carbocycles. The lowest BCUT2D eigenvalue weighted by Gasteiger charge is -2.15. The molecule has 0 aliphatic carbocycles. The molecule has 1 N–H and O–H groups in total. The first-order valence-electron chi connectivity index (χ1n) is 9.93. The predicted octanol–water partition coefficient (Wildman–Crippen LogP) is 5.13. The number of nitrogens with zero attached hydrogens (tertiary/aromatic N) is 2. The largest absolute Gasteiger partial charge is 0.354 e. The van der Waals surface area contributed by atoms with Gasteiger partial charge >= 0.3 is 5.69 Å². The van der Waals surface area contributed by atoms with E-state index in [4.69, 9.17) is 0 Å². The molecule has 0 saturated heterocycles. The number of anilines is 1. The third-order valence-corrected chi connectivity index (χ3v) is 8.64. The maximum Gasteiger partial charge on any atom is 0.354 e. The SMILES string of the molecule is Cc1ccc(S(=O)(=O)Nc2nc(=O)n3c4ccccc4sc(SCCC(C)C)c2-3)cc1. The summed E-state index contributed by atoms with van der Waals surface area (Å²) in [5.41, 5.74) is 1.70. The normalized spacial score (nSPS) is 12.1. The number of para-hydroxylation sites is 1. The average Bonchev–Trinajstić information content (AvgIpc) is 3.04. The molecule has 2 aromatic rings. The van der Waals surface area contributed by atoms with E-state index in [9.17, 15) is 13.2 Å². The van der Waals surface area contributed by atoms with Crippen LogP contribution < -0.4 is 10.4 Å². The second-order valence-electron chi connectivity index (χ2n) is 7.73. The van der Waals surface area contributed by atoms with Gasteiger partial charge in [0, 0.05) is 0 Å². The van der Waals surface area contributed by atoms with Gasteiger partial charge in [-0.25, -0.2) is 13.2 Å². The summed E-state index contributed by atoms with van der Waals surface area (Å²) < 4.78 is 31.8. The Balaban J connectivity index is 1.83. The lowest BCUT2D eigenvalue weighted by atomic mass is 10.2. The Morgan fingerprint density at radius 2 is 1.84 bits per heavy atom. The molecule has 0 radical (unpaired) electrons. The van der Waals surface area contributed by atoms with Crippen LogP contribution in [0.2, 0.25) is 0 Å². The summed E-state index contributed by atoms with van der Waals surface area (Å²) in [4.78, 5) is 17.0. The van der Waals surface area contributed by atoms with Gasteiger partial charge in [-0.1, -0.05) is 43.7 Å². The molecule has 4 rings (SSSR count). The molecule has 0 bridgehead atoms. The van der Waals surface area contributed by atoms with Crippen molar-refractivity contribution in [2.75, 3.05) is 10.5 Å². The van der Waals surface area contributed by atoms with Crippen LogP contribution in [-0.4, -0.2) is 23.7 Å². The van der Waals surface area contributed by atoms with Gasteiger partial charge in [0.05, 0.1) is 19.3 Å². The minimum absolute atomic E-state index is 0.0691. The second kappa shape index (κ2) is 8.64. The maximum absolute atomic E-state index is 13.0. The lowest BCUT2D eigenvalue weighted by molar-refractivity contribution is 0.601. The van der Waals surface area contributed by atoms with E-state index < -0.39 is 15.7 Å². The molecular weight excluding hydrogens is 450 g/mol. The zero-order valence-corrected chi connectivity index (χ0v) is 19.9. The van der Waals surface area contributed by atoms with Gasteiger partial charge in [-0.2, -0.15) is 4.98 Å². The van der Waals surface area contributed by atoms with Crippen LogP contribution >= 0.6 is 23.1 Å². The van der Waals surface area contributed by atoms with Crippen molar-refractivity contribution in [1.82, 2.24) is 9.55 Å². The quantitative estimate of drug-likeness (QED) is 0.376. The Kier molecular flexibility index (Phi) is 6.09. The van der Waals surface area contributed by atoms with Gasteiger partial charge in [-0.3, -0.25) is 9.29 Å². The van der Waals surface area contributed by atoms with Crippen molar-refractivity contribution < 1.29 is 8.42 Å². The predicted molar refractivity (Wildman–Crippen MR) is 129 cm³/mol. The zero-order valence-electron chi connectivity index (χ0n) is 17.5. The van der Waals surface area contributed by atoms with Crippen LogP contribution in [0.4, 0.5) is 5.82 Å². The van der Waals surface area contributed by atoms with E-state index in [0.717, 1.165) is 26.6 Å². The molecule has 0 fully saturated rings. The number of thioether (sulfide) groups is 1. The second-order valence-corrected chi connectivity index (χ2v) is 11.8. The number of fused-ring (bicyclic) bond motifs is 3. The van der Waals surface area contributed by atoms with Gasteiger partial charge in [0.1, 0.15) is 5.69 Å². The van der Waals surface area contributed by atoms with Crippen LogP contribution in [0.15, 0.2) is 62.4 Å². The third kappa shape index (κ3) is 4.49. The van der Waals surface area contributed by atoms with E-state index in [2.05, 4.69) is 23.6 Å². The lowest BCUT2D eigenvalue weighted by Crippen LogP contribution is -2.14. The molecule has 0 spiro atoms. The van der Waals surface area contributed by atoms with Crippen molar-refractivity contribution in [3.05, 3.63) is 64.6 Å². The molecule has 9 heteroatoms. The Labute approximate surface area is 189 Å². The monoisotopic (exact) mass is 473 g/mol. The molecule has 0 aromatic heterocycles. The molecule has 6 nitrogen and oxygen atoms in total. The standard InChI is InChI=1S/C22H23N3O3S3/c1-14(2)12-13-29-21-19-20(24-31(27,28)16-10-8-15(3)9-11-16)23-22(26)25(19)17-6-4-5-7-18(17)30-21/h4-11,14H,12-13H2,1-3H3,(H,23,24,26). The van der Waals surface area contributed by atoms with Crippen LogP contribution in [0.25, 0.3) is 15.9 Å². The fourth-order valence-electron chi connectivity index (χ4n) is 3.15. The first kappa shape index (κ1) is 21.9. The highest BCUT2D eigenvalue weighted by Crippen LogP contribution is 2.40. The van der Waals surface area contributed by atoms with Crippen molar-refractivity contribution in [3.8, 4) is 5.69 Å². The highest BCUT2D eigenvalue weighted by atomic mass is 32.2. The number of benzene rings is 2. The smallest absolute Gasteiger partial charge is 0.261 e. The molecular formula is C22H23N3O3S3. The number of hydrogen-bond acceptors (Lipinski definition) is 6. The summed E-state index contributed by atoms with van der Waals surface area (Å²) >= 11 is 3.18. The van der Waals surface area contributed by atoms with E-state index in [0.29, 0.717) is 17.1 Å². The summed E-state index contributed by atoms with van der Waals surface area (Å²) in [5, 5.41) is 0. The molecule has 0 atom stereocenters. The summed E-state index contributed by atoms with van der Waals surface area (Å²) in [7, 11) is -3.88. The van der Waals surface area contributed by atoms with E-state index in [-0.39, 0.29) is 10.7 Å². The first-order chi connectivity index (χ1) is 14.8. The minimum atomic E-state index is -3.88. The number of hydrogen-bond donors (Lipinski definition) is 1. The zero-order chi connectivity index (χ0) is 22.2. The Morgan fingerprint density at radius 1 is 1.13 bits per heavy atom. The molecule has 2 aliphatic rings. The highest BCUT2D eigenvalue weighted by molar-refractivity contribution is 8.01. The number of imidazole rings is 1. The van der Waals surface area contributed by atoms with E-state index >= 15 is 0 Å². The Bertz CT molecular complexity index is 1360. The third-order valence-electron chi connectivity index (χ3n) is 4.84. The summed E-state index contributed by atoms with van der Waals surface area (Å²) in [6.45, 7) is 6.22. The van der Waals surface area contributed by atoms with Crippen LogP contribution in [0.5, 0.6) is 0 Å². The fourth-order valence-corrected chi connectivity index (χ4v) is 6.91. The topological polar surface area (TPSA) is 81.1 Å². The van der Waals surface area contributed by atoms with Gasteiger partial charge in [-0.15, -0.1) is 23.1 Å². The van der Waals surface area contributed by atoms with Crippen molar-refractivity contribution in [3.63, 3.8) is 0 Å². The highest BCUT2D eigenvalue weighted by Gasteiger charge is 2.26. The molecule has 31 heavy (non-hydrogen) atoms. The summed E-state index contributed by atoms with van der Waals surface area (Å²) in [5.74, 6) is 1.49. The summed E-state index contributed by atoms with van der Waals surface area (Å²) in [6, 6.07) is 14.2. The van der Waals surface area contributed by atoms with E-state index in [1.54, 1.807) is 47.4 Å². The molecule has 0 amide bonds. The molecule has 2 heterocycles. The number of sulfonamides is 1. The van der Waals surface area contributed by atoms with Gasteiger partial charge in [0.25, 0.3) is 10.0 Å². The first-order valence-corrected chi connectivity index (χ1v) is 13.2. The summed E-state index contributed by atoms with van der Waals surface area (Å²) in [6.07, 6.45) is 1.01. The average molecular weight is 474 g/mol. The van der Waals surface area contributed by atoms with Gasteiger partial charge < -0.3 is 0 Å². The maximum atomic E-state index is 13.0. The van der Waals surface area contributed by atoms with Gasteiger partial charge in [0.2, 0.25) is 0 Å². The number of rotatable bonds is 7. The van der Waals surface area contributed by atoms with Crippen molar-refractivity contribution in [2.45, 2.75) is 36.3 Å². The molecule has 0 saturated carbocycles. The molecule has 162 valence electrons. The van der Waals surface area contributed by atoms with E-state index in [1.807, 2.05) is 31.2 Å². The van der Waals surface area contributed by atoms with Gasteiger partial charge in [0.15, 0.2) is 5.82 Å². The van der Waals surface area contributed by atoms with Crippen molar-refractivity contribution >= 4 is 49.2 Å². The van der Waals surface area contributed by atoms with Crippen molar-refractivity contribution in [1.29, 1.82) is 0 Å². The molecule has 0 unspecified atom stereocenters. The minimum Gasteiger partial charge on any atom is -0.261 e. The Morgan fingerprint density at radius 3 is 2.55 bits per heavy atom. The number of aryl methyl sites for hydroxylation is 1. The van der Waals surface area contributed by atoms with Gasteiger partial charge in [-0.05, 0) is 49.3 Å². The Hall–Kier alpha value is -2.36. The van der Waals surface area contributed by atoms with Crippen LogP contribution in [0.1, 0.15) is 25.8 Å². The van der Waals surface area contributed by atoms with E-state index in [1.165, 1.54) is 4.57 Å². The van der Waals surface area contributed by atoms with Crippen LogP contribution in [0.3, 0.4) is 0 Å². The number of aromatic nitrogens is 2. The molecule has 2 aliphatic heterocycles. The fraction of sp³-hybridized carbons (Fsp3) is 0.273. The van der Waals surface area contributed by atoms with Crippen molar-refractivity contribution in [2.24, 2.45) is 5.92 Å².